The third-order valence-corrected chi connectivity index (χ3v) is 3.77. The van der Waals surface area contributed by atoms with Crippen molar-refractivity contribution in [1.29, 1.82) is 0 Å². The summed E-state index contributed by atoms with van der Waals surface area (Å²) in [6, 6.07) is 9.50. The van der Waals surface area contributed by atoms with Crippen LogP contribution in [0, 0.1) is 0 Å². The first kappa shape index (κ1) is 11.3. The summed E-state index contributed by atoms with van der Waals surface area (Å²) in [5.41, 5.74) is 1.06. The fourth-order valence-electron chi connectivity index (χ4n) is 2.81. The number of nitrogens with one attached hydrogen (secondary N) is 1. The molecule has 2 aliphatic heterocycles. The molecule has 0 spiro atoms. The zero-order valence-corrected chi connectivity index (χ0v) is 10.1. The maximum absolute atomic E-state index is 12.1. The minimum absolute atomic E-state index is 0.0110. The van der Waals surface area contributed by atoms with Gasteiger partial charge in [0.15, 0.2) is 0 Å². The van der Waals surface area contributed by atoms with Crippen LogP contribution in [-0.2, 0) is 9.59 Å². The number of carbonyl (C=O) groups excluding carboxylic acids is 2. The summed E-state index contributed by atoms with van der Waals surface area (Å²) in [7, 11) is 0. The van der Waals surface area contributed by atoms with E-state index in [2.05, 4.69) is 5.32 Å². The number of piperazine rings is 1. The number of amides is 2. The standard InChI is InChI=1S/C14H16N2O2/c17-13-8-4-7-12-14(18)15-11(9-16(12)13)10-5-2-1-3-6-10/h1-3,5-6,11-12H,4,7-9H2,(H,15,18). The van der Waals surface area contributed by atoms with Crippen LogP contribution in [0.1, 0.15) is 30.9 Å². The second-order valence-electron chi connectivity index (χ2n) is 4.93. The van der Waals surface area contributed by atoms with E-state index in [1.54, 1.807) is 4.90 Å². The van der Waals surface area contributed by atoms with Crippen LogP contribution in [0.25, 0.3) is 0 Å². The highest BCUT2D eigenvalue weighted by Crippen LogP contribution is 2.26. The van der Waals surface area contributed by atoms with Crippen molar-refractivity contribution in [2.45, 2.75) is 31.3 Å². The smallest absolute Gasteiger partial charge is 0.243 e. The van der Waals surface area contributed by atoms with Crippen molar-refractivity contribution in [2.24, 2.45) is 0 Å². The van der Waals surface area contributed by atoms with Gasteiger partial charge in [-0.25, -0.2) is 0 Å². The second kappa shape index (κ2) is 4.44. The van der Waals surface area contributed by atoms with Crippen molar-refractivity contribution < 1.29 is 9.59 Å². The van der Waals surface area contributed by atoms with Crippen LogP contribution in [0.2, 0.25) is 0 Å². The molecule has 94 valence electrons. The molecule has 3 rings (SSSR count). The maximum atomic E-state index is 12.1. The highest BCUT2D eigenvalue weighted by molar-refractivity contribution is 5.90. The van der Waals surface area contributed by atoms with E-state index in [4.69, 9.17) is 0 Å². The predicted octanol–water partition coefficient (Wildman–Crippen LogP) is 1.24. The van der Waals surface area contributed by atoms with E-state index in [-0.39, 0.29) is 23.9 Å². The van der Waals surface area contributed by atoms with Crippen LogP contribution < -0.4 is 5.32 Å². The molecule has 1 aromatic carbocycles. The van der Waals surface area contributed by atoms with Crippen LogP contribution in [0.3, 0.4) is 0 Å². The van der Waals surface area contributed by atoms with Gasteiger partial charge in [-0.1, -0.05) is 30.3 Å². The number of hydrogen-bond acceptors (Lipinski definition) is 2. The number of piperidine rings is 1. The average molecular weight is 244 g/mol. The first-order valence-corrected chi connectivity index (χ1v) is 6.40. The monoisotopic (exact) mass is 244 g/mol. The average Bonchev–Trinajstić information content (AvgIpc) is 2.41. The first-order chi connectivity index (χ1) is 8.75. The van der Waals surface area contributed by atoms with Crippen LogP contribution in [-0.4, -0.2) is 29.3 Å². The van der Waals surface area contributed by atoms with Gasteiger partial charge < -0.3 is 10.2 Å². The highest BCUT2D eigenvalue weighted by atomic mass is 16.2. The molecule has 0 aliphatic carbocycles. The molecular weight excluding hydrogens is 228 g/mol. The second-order valence-corrected chi connectivity index (χ2v) is 4.93. The van der Waals surface area contributed by atoms with Gasteiger partial charge in [0.25, 0.3) is 0 Å². The summed E-state index contributed by atoms with van der Waals surface area (Å²) in [5, 5.41) is 3.02. The van der Waals surface area contributed by atoms with Gasteiger partial charge in [0.1, 0.15) is 6.04 Å². The Balaban J connectivity index is 1.84. The SMILES string of the molecule is O=C1NC(c2ccccc2)CN2C(=O)CCCC12. The van der Waals surface area contributed by atoms with Crippen LogP contribution >= 0.6 is 0 Å². The van der Waals surface area contributed by atoms with Gasteiger partial charge in [0.2, 0.25) is 11.8 Å². The maximum Gasteiger partial charge on any atom is 0.243 e. The van der Waals surface area contributed by atoms with E-state index in [9.17, 15) is 9.59 Å². The lowest BCUT2D eigenvalue weighted by Gasteiger charge is -2.42. The Bertz CT molecular complexity index is 472. The fraction of sp³-hybridized carbons (Fsp3) is 0.429. The lowest BCUT2D eigenvalue weighted by molar-refractivity contribution is -0.148. The fourth-order valence-corrected chi connectivity index (χ4v) is 2.81. The summed E-state index contributed by atoms with van der Waals surface area (Å²) in [6.07, 6.45) is 2.19. The molecule has 18 heavy (non-hydrogen) atoms. The Kier molecular flexibility index (Phi) is 2.78. The Labute approximate surface area is 106 Å². The molecule has 0 saturated carbocycles. The molecule has 4 heteroatoms. The lowest BCUT2D eigenvalue weighted by Crippen LogP contribution is -2.59. The van der Waals surface area contributed by atoms with Gasteiger partial charge in [-0.05, 0) is 18.4 Å². The van der Waals surface area contributed by atoms with E-state index >= 15 is 0 Å². The van der Waals surface area contributed by atoms with E-state index < -0.39 is 0 Å². The van der Waals surface area contributed by atoms with Crippen molar-refractivity contribution in [3.63, 3.8) is 0 Å². The minimum atomic E-state index is -0.244. The number of hydrogen-bond donors (Lipinski definition) is 1. The van der Waals surface area contributed by atoms with E-state index in [1.165, 1.54) is 0 Å². The summed E-state index contributed by atoms with van der Waals surface area (Å²) >= 11 is 0. The molecule has 0 aromatic heterocycles. The van der Waals surface area contributed by atoms with Gasteiger partial charge in [-0.3, -0.25) is 9.59 Å². The molecule has 4 nitrogen and oxygen atoms in total. The summed E-state index contributed by atoms with van der Waals surface area (Å²) < 4.78 is 0. The Morgan fingerprint density at radius 3 is 2.72 bits per heavy atom. The van der Waals surface area contributed by atoms with E-state index in [0.29, 0.717) is 13.0 Å². The normalized spacial score (nSPS) is 27.7. The Hall–Kier alpha value is -1.84. The number of benzene rings is 1. The van der Waals surface area contributed by atoms with Crippen molar-refractivity contribution in [1.82, 2.24) is 10.2 Å². The molecule has 2 unspecified atom stereocenters. The van der Waals surface area contributed by atoms with Crippen molar-refractivity contribution in [3.05, 3.63) is 35.9 Å². The van der Waals surface area contributed by atoms with Crippen LogP contribution in [0.4, 0.5) is 0 Å². The number of carbonyl (C=O) groups is 2. The quantitative estimate of drug-likeness (QED) is 0.808. The van der Waals surface area contributed by atoms with Crippen LogP contribution in [0.15, 0.2) is 30.3 Å². The van der Waals surface area contributed by atoms with Gasteiger partial charge in [-0.2, -0.15) is 0 Å². The molecule has 2 saturated heterocycles. The molecule has 2 amide bonds. The zero-order chi connectivity index (χ0) is 12.5. The molecular formula is C14H16N2O2. The summed E-state index contributed by atoms with van der Waals surface area (Å²) in [5.74, 6) is 0.102. The Morgan fingerprint density at radius 2 is 1.94 bits per heavy atom. The molecule has 2 heterocycles. The van der Waals surface area contributed by atoms with Crippen molar-refractivity contribution in [2.75, 3.05) is 6.54 Å². The minimum Gasteiger partial charge on any atom is -0.346 e. The highest BCUT2D eigenvalue weighted by Gasteiger charge is 2.39. The van der Waals surface area contributed by atoms with E-state index in [0.717, 1.165) is 18.4 Å². The molecule has 0 radical (unpaired) electrons. The topological polar surface area (TPSA) is 49.4 Å². The largest absolute Gasteiger partial charge is 0.346 e. The number of fused-ring (bicyclic) bond motifs is 1. The third-order valence-electron chi connectivity index (χ3n) is 3.77. The summed E-state index contributed by atoms with van der Waals surface area (Å²) in [6.45, 7) is 0.596. The lowest BCUT2D eigenvalue weighted by atomic mass is 9.94. The van der Waals surface area contributed by atoms with Crippen LogP contribution in [0.5, 0.6) is 0 Å². The molecule has 0 bridgehead atoms. The zero-order valence-electron chi connectivity index (χ0n) is 10.1. The predicted molar refractivity (Wildman–Crippen MR) is 66.7 cm³/mol. The van der Waals surface area contributed by atoms with Gasteiger partial charge in [0.05, 0.1) is 6.04 Å². The number of nitrogens with zero attached hydrogens (tertiary/aromatic N) is 1. The van der Waals surface area contributed by atoms with Crippen molar-refractivity contribution in [3.8, 4) is 0 Å². The van der Waals surface area contributed by atoms with Gasteiger partial charge >= 0.3 is 0 Å². The molecule has 1 aromatic rings. The Morgan fingerprint density at radius 1 is 1.17 bits per heavy atom. The number of rotatable bonds is 1. The molecule has 2 fully saturated rings. The molecule has 2 aliphatic rings. The molecule has 2 atom stereocenters. The van der Waals surface area contributed by atoms with Gasteiger partial charge in [0, 0.05) is 13.0 Å². The molecule has 1 N–H and O–H groups in total. The first-order valence-electron chi connectivity index (χ1n) is 6.40. The van der Waals surface area contributed by atoms with E-state index in [1.807, 2.05) is 30.3 Å². The van der Waals surface area contributed by atoms with Gasteiger partial charge in [-0.15, -0.1) is 0 Å². The van der Waals surface area contributed by atoms with Crippen molar-refractivity contribution >= 4 is 11.8 Å². The summed E-state index contributed by atoms with van der Waals surface area (Å²) in [4.78, 5) is 25.7. The third kappa shape index (κ3) is 1.88.